The summed E-state index contributed by atoms with van der Waals surface area (Å²) in [5.74, 6) is 0.306. The molecule has 1 aromatic heterocycles. The molecule has 0 bridgehead atoms. The molecule has 0 N–H and O–H groups in total. The van der Waals surface area contributed by atoms with Crippen molar-refractivity contribution in [3.05, 3.63) is 58.9 Å². The first-order valence-corrected chi connectivity index (χ1v) is 5.98. The largest absolute Gasteiger partial charge is 0.487 e. The van der Waals surface area contributed by atoms with Crippen LogP contribution in [0.4, 0.5) is 0 Å². The first kappa shape index (κ1) is 13.4. The number of aromatic nitrogens is 1. The Morgan fingerprint density at radius 3 is 2.53 bits per heavy atom. The van der Waals surface area contributed by atoms with E-state index in [1.54, 1.807) is 36.4 Å². The standard InChI is InChI=1S/C14H12ClNO3/c1-18-14(17)10-2-5-12(16-8-10)9-19-13-6-3-11(15)4-7-13/h2-8H,9H2,1H3. The Balaban J connectivity index is 1.96. The maximum Gasteiger partial charge on any atom is 0.339 e. The quantitative estimate of drug-likeness (QED) is 0.806. The lowest BCUT2D eigenvalue weighted by Gasteiger charge is -2.06. The van der Waals surface area contributed by atoms with Crippen LogP contribution < -0.4 is 4.74 Å². The fourth-order valence-corrected chi connectivity index (χ4v) is 1.56. The number of nitrogens with zero attached hydrogens (tertiary/aromatic N) is 1. The molecular weight excluding hydrogens is 266 g/mol. The van der Waals surface area contributed by atoms with Crippen molar-refractivity contribution >= 4 is 17.6 Å². The van der Waals surface area contributed by atoms with E-state index in [1.807, 2.05) is 0 Å². The van der Waals surface area contributed by atoms with Gasteiger partial charge in [-0.1, -0.05) is 11.6 Å². The molecular formula is C14H12ClNO3. The number of carbonyl (C=O) groups excluding carboxylic acids is 1. The third kappa shape index (κ3) is 3.69. The molecule has 0 atom stereocenters. The van der Waals surface area contributed by atoms with Crippen LogP contribution in [-0.2, 0) is 11.3 Å². The van der Waals surface area contributed by atoms with Gasteiger partial charge in [0.25, 0.3) is 0 Å². The van der Waals surface area contributed by atoms with Crippen LogP contribution in [-0.4, -0.2) is 18.1 Å². The Morgan fingerprint density at radius 2 is 1.95 bits per heavy atom. The molecule has 0 aliphatic heterocycles. The van der Waals surface area contributed by atoms with E-state index in [9.17, 15) is 4.79 Å². The van der Waals surface area contributed by atoms with E-state index in [1.165, 1.54) is 13.3 Å². The third-order valence-electron chi connectivity index (χ3n) is 2.45. The minimum absolute atomic E-state index is 0.323. The van der Waals surface area contributed by atoms with Crippen molar-refractivity contribution in [2.24, 2.45) is 0 Å². The number of hydrogen-bond donors (Lipinski definition) is 0. The maximum absolute atomic E-state index is 11.2. The van der Waals surface area contributed by atoms with E-state index < -0.39 is 5.97 Å². The summed E-state index contributed by atoms with van der Waals surface area (Å²) in [5.41, 5.74) is 1.14. The predicted octanol–water partition coefficient (Wildman–Crippen LogP) is 3.10. The smallest absolute Gasteiger partial charge is 0.339 e. The second-order valence-corrected chi connectivity index (χ2v) is 4.21. The molecule has 2 aromatic rings. The Labute approximate surface area is 115 Å². The van der Waals surface area contributed by atoms with E-state index in [0.29, 0.717) is 22.9 Å². The van der Waals surface area contributed by atoms with Crippen molar-refractivity contribution < 1.29 is 14.3 Å². The Kier molecular flexibility index (Phi) is 4.36. The summed E-state index contributed by atoms with van der Waals surface area (Å²) < 4.78 is 10.1. The van der Waals surface area contributed by atoms with Crippen LogP contribution in [0, 0.1) is 0 Å². The SMILES string of the molecule is COC(=O)c1ccc(COc2ccc(Cl)cc2)nc1. The highest BCUT2D eigenvalue weighted by molar-refractivity contribution is 6.30. The molecule has 0 saturated heterocycles. The molecule has 1 heterocycles. The molecule has 1 aromatic carbocycles. The van der Waals surface area contributed by atoms with Gasteiger partial charge < -0.3 is 9.47 Å². The normalized spacial score (nSPS) is 10.0. The van der Waals surface area contributed by atoms with Crippen molar-refractivity contribution in [2.45, 2.75) is 6.61 Å². The van der Waals surface area contributed by atoms with Crippen molar-refractivity contribution in [3.8, 4) is 5.75 Å². The fraction of sp³-hybridized carbons (Fsp3) is 0.143. The van der Waals surface area contributed by atoms with E-state index in [0.717, 1.165) is 5.69 Å². The third-order valence-corrected chi connectivity index (χ3v) is 2.70. The van der Waals surface area contributed by atoms with Gasteiger partial charge in [0, 0.05) is 11.2 Å². The van der Waals surface area contributed by atoms with Crippen molar-refractivity contribution in [1.82, 2.24) is 4.98 Å². The minimum Gasteiger partial charge on any atom is -0.487 e. The first-order valence-electron chi connectivity index (χ1n) is 5.60. The highest BCUT2D eigenvalue weighted by atomic mass is 35.5. The van der Waals surface area contributed by atoms with Crippen LogP contribution in [0.1, 0.15) is 16.1 Å². The number of benzene rings is 1. The summed E-state index contributed by atoms with van der Waals surface area (Å²) in [6.45, 7) is 0.323. The number of halogens is 1. The number of rotatable bonds is 4. The summed E-state index contributed by atoms with van der Waals surface area (Å²) in [6.07, 6.45) is 1.46. The van der Waals surface area contributed by atoms with Gasteiger partial charge in [0.2, 0.25) is 0 Å². The van der Waals surface area contributed by atoms with E-state index >= 15 is 0 Å². The molecule has 98 valence electrons. The first-order chi connectivity index (χ1) is 9.19. The van der Waals surface area contributed by atoms with Gasteiger partial charge >= 0.3 is 5.97 Å². The Hall–Kier alpha value is -2.07. The molecule has 0 saturated carbocycles. The van der Waals surface area contributed by atoms with Gasteiger partial charge in [0.05, 0.1) is 18.4 Å². The van der Waals surface area contributed by atoms with Crippen LogP contribution in [0.15, 0.2) is 42.6 Å². The predicted molar refractivity (Wildman–Crippen MR) is 71.4 cm³/mol. The number of pyridine rings is 1. The molecule has 0 aliphatic carbocycles. The lowest BCUT2D eigenvalue weighted by Crippen LogP contribution is -2.04. The van der Waals surface area contributed by atoms with Crippen LogP contribution in [0.2, 0.25) is 5.02 Å². The minimum atomic E-state index is -0.405. The zero-order chi connectivity index (χ0) is 13.7. The molecule has 0 aliphatic rings. The van der Waals surface area contributed by atoms with E-state index in [2.05, 4.69) is 9.72 Å². The number of methoxy groups -OCH3 is 1. The molecule has 0 unspecified atom stereocenters. The molecule has 0 spiro atoms. The summed E-state index contributed by atoms with van der Waals surface area (Å²) in [4.78, 5) is 15.4. The monoisotopic (exact) mass is 277 g/mol. The lowest BCUT2D eigenvalue weighted by molar-refractivity contribution is 0.0600. The van der Waals surface area contributed by atoms with Crippen LogP contribution in [0.3, 0.4) is 0 Å². The molecule has 0 radical (unpaired) electrons. The van der Waals surface area contributed by atoms with Gasteiger partial charge in [-0.25, -0.2) is 4.79 Å². The number of hydrogen-bond acceptors (Lipinski definition) is 4. The zero-order valence-corrected chi connectivity index (χ0v) is 11.1. The molecule has 0 amide bonds. The van der Waals surface area contributed by atoms with Gasteiger partial charge in [-0.15, -0.1) is 0 Å². The molecule has 19 heavy (non-hydrogen) atoms. The second-order valence-electron chi connectivity index (χ2n) is 3.77. The van der Waals surface area contributed by atoms with Gasteiger partial charge in [-0.05, 0) is 36.4 Å². The summed E-state index contributed by atoms with van der Waals surface area (Å²) in [6, 6.07) is 10.5. The average Bonchev–Trinajstić information content (AvgIpc) is 2.46. The number of ether oxygens (including phenoxy) is 2. The average molecular weight is 278 g/mol. The van der Waals surface area contributed by atoms with E-state index in [-0.39, 0.29) is 0 Å². The van der Waals surface area contributed by atoms with E-state index in [4.69, 9.17) is 16.3 Å². The van der Waals surface area contributed by atoms with Gasteiger partial charge in [-0.3, -0.25) is 4.98 Å². The van der Waals surface area contributed by atoms with Crippen molar-refractivity contribution in [2.75, 3.05) is 7.11 Å². The highest BCUT2D eigenvalue weighted by Crippen LogP contribution is 2.16. The Bertz CT molecular complexity index is 552. The Morgan fingerprint density at radius 1 is 1.21 bits per heavy atom. The van der Waals surface area contributed by atoms with Gasteiger partial charge in [0.15, 0.2) is 0 Å². The van der Waals surface area contributed by atoms with Crippen molar-refractivity contribution in [3.63, 3.8) is 0 Å². The van der Waals surface area contributed by atoms with Gasteiger partial charge in [0.1, 0.15) is 12.4 Å². The molecule has 2 rings (SSSR count). The zero-order valence-electron chi connectivity index (χ0n) is 10.3. The summed E-state index contributed by atoms with van der Waals surface area (Å²) in [7, 11) is 1.33. The van der Waals surface area contributed by atoms with Crippen LogP contribution in [0.25, 0.3) is 0 Å². The summed E-state index contributed by atoms with van der Waals surface area (Å²) >= 11 is 5.78. The van der Waals surface area contributed by atoms with Crippen LogP contribution >= 0.6 is 11.6 Å². The van der Waals surface area contributed by atoms with Crippen LogP contribution in [0.5, 0.6) is 5.75 Å². The molecule has 5 heteroatoms. The molecule has 0 fully saturated rings. The highest BCUT2D eigenvalue weighted by Gasteiger charge is 2.05. The number of esters is 1. The fourth-order valence-electron chi connectivity index (χ4n) is 1.44. The molecule has 4 nitrogen and oxygen atoms in total. The number of carbonyl (C=O) groups is 1. The maximum atomic E-state index is 11.2. The summed E-state index contributed by atoms with van der Waals surface area (Å²) in [5, 5.41) is 0.660. The second kappa shape index (κ2) is 6.20. The lowest BCUT2D eigenvalue weighted by atomic mass is 10.2. The van der Waals surface area contributed by atoms with Crippen molar-refractivity contribution in [1.29, 1.82) is 0 Å². The topological polar surface area (TPSA) is 48.4 Å². The van der Waals surface area contributed by atoms with Gasteiger partial charge in [-0.2, -0.15) is 0 Å².